The summed E-state index contributed by atoms with van der Waals surface area (Å²) < 4.78 is 31.0. The van der Waals surface area contributed by atoms with Crippen molar-refractivity contribution in [3.05, 3.63) is 35.4 Å². The lowest BCUT2D eigenvalue weighted by atomic mass is 10.2. The zero-order chi connectivity index (χ0) is 11.4. The van der Waals surface area contributed by atoms with Gasteiger partial charge in [0.2, 0.25) is 5.91 Å². The van der Waals surface area contributed by atoms with Crippen LogP contribution in [0.25, 0.3) is 0 Å². The van der Waals surface area contributed by atoms with Crippen molar-refractivity contribution in [1.82, 2.24) is 0 Å². The van der Waals surface area contributed by atoms with Crippen molar-refractivity contribution < 1.29 is 18.3 Å². The molecule has 0 fully saturated rings. The molecule has 0 saturated heterocycles. The van der Waals surface area contributed by atoms with Gasteiger partial charge in [0.1, 0.15) is 17.7 Å². The molecule has 0 radical (unpaired) electrons. The standard InChI is InChI=1S/C10H11F2NO2/c1-6(10(13)14)15-5-7-8(11)3-2-4-9(7)12/h2-4,6H,5H2,1H3,(H2,13,14). The Morgan fingerprint density at radius 3 is 2.47 bits per heavy atom. The summed E-state index contributed by atoms with van der Waals surface area (Å²) in [5, 5.41) is 0. The van der Waals surface area contributed by atoms with E-state index in [1.54, 1.807) is 0 Å². The summed E-state index contributed by atoms with van der Waals surface area (Å²) in [5.74, 6) is -2.08. The second-order valence-electron chi connectivity index (χ2n) is 3.06. The third kappa shape index (κ3) is 2.99. The van der Waals surface area contributed by atoms with E-state index in [2.05, 4.69) is 0 Å². The van der Waals surface area contributed by atoms with E-state index in [-0.39, 0.29) is 12.2 Å². The van der Waals surface area contributed by atoms with Gasteiger partial charge in [0.15, 0.2) is 0 Å². The molecule has 0 aliphatic heterocycles. The molecule has 15 heavy (non-hydrogen) atoms. The zero-order valence-electron chi connectivity index (χ0n) is 8.17. The average Bonchev–Trinajstić information content (AvgIpc) is 2.16. The minimum atomic E-state index is -0.871. The van der Waals surface area contributed by atoms with Crippen LogP contribution in [-0.4, -0.2) is 12.0 Å². The number of carbonyl (C=O) groups excluding carboxylic acids is 1. The van der Waals surface area contributed by atoms with Crippen LogP contribution >= 0.6 is 0 Å². The van der Waals surface area contributed by atoms with Crippen LogP contribution in [0, 0.1) is 11.6 Å². The molecule has 1 atom stereocenters. The first-order valence-corrected chi connectivity index (χ1v) is 4.36. The number of primary amides is 1. The summed E-state index contributed by atoms with van der Waals surface area (Å²) >= 11 is 0. The fraction of sp³-hybridized carbons (Fsp3) is 0.300. The molecule has 1 aromatic rings. The molecule has 1 rings (SSSR count). The molecule has 3 nitrogen and oxygen atoms in total. The van der Waals surface area contributed by atoms with Gasteiger partial charge in [-0.05, 0) is 19.1 Å². The molecular formula is C10H11F2NO2. The highest BCUT2D eigenvalue weighted by Gasteiger charge is 2.13. The molecule has 2 N–H and O–H groups in total. The summed E-state index contributed by atoms with van der Waals surface area (Å²) in [6.45, 7) is 1.10. The van der Waals surface area contributed by atoms with Gasteiger partial charge in [-0.2, -0.15) is 0 Å². The van der Waals surface area contributed by atoms with Crippen LogP contribution in [0.1, 0.15) is 12.5 Å². The maximum Gasteiger partial charge on any atom is 0.246 e. The van der Waals surface area contributed by atoms with Crippen molar-refractivity contribution in [2.24, 2.45) is 5.73 Å². The molecule has 0 aliphatic rings. The zero-order valence-corrected chi connectivity index (χ0v) is 8.17. The van der Waals surface area contributed by atoms with Gasteiger partial charge in [-0.3, -0.25) is 4.79 Å². The molecule has 0 aliphatic carbocycles. The maximum absolute atomic E-state index is 13.1. The number of nitrogens with two attached hydrogens (primary N) is 1. The lowest BCUT2D eigenvalue weighted by Gasteiger charge is -2.10. The quantitative estimate of drug-likeness (QED) is 0.824. The Hall–Kier alpha value is -1.49. The van der Waals surface area contributed by atoms with Crippen LogP contribution in [0.2, 0.25) is 0 Å². The van der Waals surface area contributed by atoms with Crippen molar-refractivity contribution in [3.8, 4) is 0 Å². The highest BCUT2D eigenvalue weighted by Crippen LogP contribution is 2.13. The Labute approximate surface area is 85.8 Å². The SMILES string of the molecule is CC(OCc1c(F)cccc1F)C(N)=O. The normalized spacial score (nSPS) is 12.5. The molecule has 5 heteroatoms. The van der Waals surface area contributed by atoms with Gasteiger partial charge in [0.25, 0.3) is 0 Å². The van der Waals surface area contributed by atoms with Crippen molar-refractivity contribution in [3.63, 3.8) is 0 Å². The summed E-state index contributed by atoms with van der Waals surface area (Å²) in [6, 6.07) is 3.50. The van der Waals surface area contributed by atoms with E-state index < -0.39 is 23.6 Å². The first kappa shape index (κ1) is 11.6. The maximum atomic E-state index is 13.1. The molecule has 0 saturated carbocycles. The Morgan fingerprint density at radius 1 is 1.47 bits per heavy atom. The minimum Gasteiger partial charge on any atom is -0.367 e. The average molecular weight is 215 g/mol. The van der Waals surface area contributed by atoms with E-state index in [4.69, 9.17) is 10.5 Å². The van der Waals surface area contributed by atoms with Crippen molar-refractivity contribution in [2.45, 2.75) is 19.6 Å². The first-order valence-electron chi connectivity index (χ1n) is 4.36. The molecular weight excluding hydrogens is 204 g/mol. The minimum absolute atomic E-state index is 0.203. The lowest BCUT2D eigenvalue weighted by Crippen LogP contribution is -2.28. The molecule has 82 valence electrons. The topological polar surface area (TPSA) is 52.3 Å². The largest absolute Gasteiger partial charge is 0.367 e. The number of rotatable bonds is 4. The third-order valence-electron chi connectivity index (χ3n) is 1.94. The van der Waals surface area contributed by atoms with Gasteiger partial charge in [0, 0.05) is 5.56 Å². The Bertz CT molecular complexity index is 348. The van der Waals surface area contributed by atoms with E-state index in [1.165, 1.54) is 13.0 Å². The van der Waals surface area contributed by atoms with Crippen LogP contribution < -0.4 is 5.73 Å². The molecule has 0 spiro atoms. The highest BCUT2D eigenvalue weighted by atomic mass is 19.1. The van der Waals surface area contributed by atoms with E-state index in [9.17, 15) is 13.6 Å². The smallest absolute Gasteiger partial charge is 0.246 e. The molecule has 1 aromatic carbocycles. The van der Waals surface area contributed by atoms with Gasteiger partial charge >= 0.3 is 0 Å². The lowest BCUT2D eigenvalue weighted by molar-refractivity contribution is -0.129. The number of amides is 1. The summed E-state index contributed by atoms with van der Waals surface area (Å²) in [6.07, 6.45) is -0.871. The van der Waals surface area contributed by atoms with Crippen LogP contribution in [0.3, 0.4) is 0 Å². The van der Waals surface area contributed by atoms with Gasteiger partial charge < -0.3 is 10.5 Å². The second kappa shape index (κ2) is 4.84. The molecule has 0 bridgehead atoms. The predicted octanol–water partition coefficient (Wildman–Crippen LogP) is 1.36. The molecule has 1 amide bonds. The number of benzene rings is 1. The fourth-order valence-corrected chi connectivity index (χ4v) is 0.961. The Morgan fingerprint density at radius 2 is 2.00 bits per heavy atom. The number of hydrogen-bond acceptors (Lipinski definition) is 2. The van der Waals surface area contributed by atoms with Crippen molar-refractivity contribution >= 4 is 5.91 Å². The number of carbonyl (C=O) groups is 1. The van der Waals surface area contributed by atoms with E-state index in [1.807, 2.05) is 0 Å². The first-order chi connectivity index (χ1) is 7.02. The van der Waals surface area contributed by atoms with E-state index >= 15 is 0 Å². The number of ether oxygens (including phenoxy) is 1. The van der Waals surface area contributed by atoms with Crippen LogP contribution in [-0.2, 0) is 16.1 Å². The number of halogens is 2. The monoisotopic (exact) mass is 215 g/mol. The van der Waals surface area contributed by atoms with Crippen LogP contribution in [0.5, 0.6) is 0 Å². The molecule has 0 aromatic heterocycles. The van der Waals surface area contributed by atoms with Crippen molar-refractivity contribution in [2.75, 3.05) is 0 Å². The fourth-order valence-electron chi connectivity index (χ4n) is 0.961. The van der Waals surface area contributed by atoms with Crippen molar-refractivity contribution in [1.29, 1.82) is 0 Å². The summed E-state index contributed by atoms with van der Waals surface area (Å²) in [5.41, 5.74) is 4.72. The second-order valence-corrected chi connectivity index (χ2v) is 3.06. The Balaban J connectivity index is 2.69. The summed E-state index contributed by atoms with van der Waals surface area (Å²) in [7, 11) is 0. The molecule has 1 unspecified atom stereocenters. The van der Waals surface area contributed by atoms with E-state index in [0.717, 1.165) is 12.1 Å². The highest BCUT2D eigenvalue weighted by molar-refractivity contribution is 5.78. The molecule has 0 heterocycles. The summed E-state index contributed by atoms with van der Waals surface area (Å²) in [4.78, 5) is 10.6. The predicted molar refractivity (Wildman–Crippen MR) is 49.8 cm³/mol. The number of hydrogen-bond donors (Lipinski definition) is 1. The van der Waals surface area contributed by atoms with Gasteiger partial charge in [-0.1, -0.05) is 6.07 Å². The van der Waals surface area contributed by atoms with Gasteiger partial charge in [0.05, 0.1) is 6.61 Å². The third-order valence-corrected chi connectivity index (χ3v) is 1.94. The van der Waals surface area contributed by atoms with Gasteiger partial charge in [-0.25, -0.2) is 8.78 Å². The Kier molecular flexibility index (Phi) is 3.74. The van der Waals surface area contributed by atoms with E-state index in [0.29, 0.717) is 0 Å². The van der Waals surface area contributed by atoms with Gasteiger partial charge in [-0.15, -0.1) is 0 Å². The van der Waals surface area contributed by atoms with Crippen LogP contribution in [0.4, 0.5) is 8.78 Å². The van der Waals surface area contributed by atoms with Crippen LogP contribution in [0.15, 0.2) is 18.2 Å².